The van der Waals surface area contributed by atoms with Crippen LogP contribution in [0.15, 0.2) is 24.3 Å². The maximum atomic E-state index is 12.6. The first kappa shape index (κ1) is 20.7. The number of nitrogens with one attached hydrogen (secondary N) is 3. The maximum absolute atomic E-state index is 12.6. The van der Waals surface area contributed by atoms with E-state index < -0.39 is 0 Å². The highest BCUT2D eigenvalue weighted by Crippen LogP contribution is 2.20. The van der Waals surface area contributed by atoms with Crippen molar-refractivity contribution in [1.82, 2.24) is 10.2 Å². The fraction of sp³-hybridized carbons (Fsp3) is 0.550. The Bertz CT molecular complexity index is 675. The molecule has 1 aliphatic heterocycles. The zero-order valence-corrected chi connectivity index (χ0v) is 16.4. The lowest BCUT2D eigenvalue weighted by Gasteiger charge is -2.32. The van der Waals surface area contributed by atoms with Crippen molar-refractivity contribution in [3.05, 3.63) is 24.3 Å². The van der Waals surface area contributed by atoms with Crippen molar-refractivity contribution in [2.45, 2.75) is 40.0 Å². The third-order valence-corrected chi connectivity index (χ3v) is 4.48. The van der Waals surface area contributed by atoms with Gasteiger partial charge in [-0.1, -0.05) is 26.8 Å². The summed E-state index contributed by atoms with van der Waals surface area (Å²) in [5.74, 6) is 0.172. The SMILES string of the molecule is CCC(=O)Nc1cccc(NC(=O)N2CCCC(C(=O)NCC(C)C)C2)c1. The van der Waals surface area contributed by atoms with Crippen molar-refractivity contribution >= 4 is 29.2 Å². The first-order valence-electron chi connectivity index (χ1n) is 9.62. The smallest absolute Gasteiger partial charge is 0.321 e. The summed E-state index contributed by atoms with van der Waals surface area (Å²) in [7, 11) is 0. The number of rotatable bonds is 6. The Morgan fingerprint density at radius 1 is 1.19 bits per heavy atom. The summed E-state index contributed by atoms with van der Waals surface area (Å²) in [6.45, 7) is 7.59. The highest BCUT2D eigenvalue weighted by atomic mass is 16.2. The van der Waals surface area contributed by atoms with Crippen LogP contribution in [0.4, 0.5) is 16.2 Å². The minimum absolute atomic E-state index is 0.0190. The Labute approximate surface area is 160 Å². The molecule has 148 valence electrons. The van der Waals surface area contributed by atoms with Crippen LogP contribution >= 0.6 is 0 Å². The Kier molecular flexibility index (Phi) is 7.64. The summed E-state index contributed by atoms with van der Waals surface area (Å²) in [6, 6.07) is 6.83. The van der Waals surface area contributed by atoms with Gasteiger partial charge in [0.15, 0.2) is 0 Å². The molecule has 7 nitrogen and oxygen atoms in total. The molecule has 1 aliphatic rings. The Morgan fingerprint density at radius 2 is 1.89 bits per heavy atom. The lowest BCUT2D eigenvalue weighted by Crippen LogP contribution is -2.47. The van der Waals surface area contributed by atoms with Gasteiger partial charge in [0.2, 0.25) is 11.8 Å². The Balaban J connectivity index is 1.92. The maximum Gasteiger partial charge on any atom is 0.321 e. The molecule has 0 bridgehead atoms. The van der Waals surface area contributed by atoms with Crippen molar-refractivity contribution in [2.75, 3.05) is 30.3 Å². The number of hydrogen-bond donors (Lipinski definition) is 3. The molecule has 0 aromatic heterocycles. The molecule has 0 radical (unpaired) electrons. The molecule has 2 rings (SSSR count). The standard InChI is InChI=1S/C20H30N4O3/c1-4-18(25)22-16-8-5-9-17(11-16)23-20(27)24-10-6-7-15(13-24)19(26)21-12-14(2)3/h5,8-9,11,14-15H,4,6-7,10,12-13H2,1-3H3,(H,21,26)(H,22,25)(H,23,27). The number of piperidine rings is 1. The van der Waals surface area contributed by atoms with Gasteiger partial charge in [0, 0.05) is 37.4 Å². The van der Waals surface area contributed by atoms with Crippen LogP contribution in [0.2, 0.25) is 0 Å². The normalized spacial score (nSPS) is 16.7. The zero-order chi connectivity index (χ0) is 19.8. The predicted octanol–water partition coefficient (Wildman–Crippen LogP) is 3.05. The summed E-state index contributed by atoms with van der Waals surface area (Å²) in [5.41, 5.74) is 1.25. The van der Waals surface area contributed by atoms with E-state index in [9.17, 15) is 14.4 Å². The average Bonchev–Trinajstić information content (AvgIpc) is 2.66. The summed E-state index contributed by atoms with van der Waals surface area (Å²) in [5, 5.41) is 8.58. The summed E-state index contributed by atoms with van der Waals surface area (Å²) in [4.78, 5) is 38.1. The first-order chi connectivity index (χ1) is 12.9. The molecule has 0 spiro atoms. The van der Waals surface area contributed by atoms with Crippen molar-refractivity contribution in [3.63, 3.8) is 0 Å². The molecular weight excluding hydrogens is 344 g/mol. The van der Waals surface area contributed by atoms with E-state index in [2.05, 4.69) is 29.8 Å². The molecule has 0 saturated carbocycles. The van der Waals surface area contributed by atoms with Gasteiger partial charge < -0.3 is 20.9 Å². The van der Waals surface area contributed by atoms with Gasteiger partial charge in [-0.3, -0.25) is 9.59 Å². The van der Waals surface area contributed by atoms with E-state index in [-0.39, 0.29) is 23.8 Å². The molecule has 1 saturated heterocycles. The Morgan fingerprint density at radius 3 is 2.56 bits per heavy atom. The fourth-order valence-corrected chi connectivity index (χ4v) is 2.95. The van der Waals surface area contributed by atoms with E-state index >= 15 is 0 Å². The van der Waals surface area contributed by atoms with Gasteiger partial charge in [-0.05, 0) is 37.0 Å². The Hall–Kier alpha value is -2.57. The molecule has 7 heteroatoms. The molecule has 1 aromatic carbocycles. The topological polar surface area (TPSA) is 90.5 Å². The average molecular weight is 374 g/mol. The molecule has 1 aromatic rings. The summed E-state index contributed by atoms with van der Waals surface area (Å²) in [6.07, 6.45) is 2.00. The quantitative estimate of drug-likeness (QED) is 0.715. The monoisotopic (exact) mass is 374 g/mol. The van der Waals surface area contributed by atoms with Gasteiger partial charge in [-0.25, -0.2) is 4.79 Å². The second-order valence-electron chi connectivity index (χ2n) is 7.34. The number of carbonyl (C=O) groups is 3. The van der Waals surface area contributed by atoms with Crippen molar-refractivity contribution in [2.24, 2.45) is 11.8 Å². The first-order valence-corrected chi connectivity index (χ1v) is 9.62. The minimum atomic E-state index is -0.227. The lowest BCUT2D eigenvalue weighted by atomic mass is 9.97. The molecule has 0 aliphatic carbocycles. The number of urea groups is 1. The number of amides is 4. The van der Waals surface area contributed by atoms with Crippen LogP contribution < -0.4 is 16.0 Å². The number of likely N-dealkylation sites (tertiary alicyclic amines) is 1. The molecule has 1 heterocycles. The van der Waals surface area contributed by atoms with E-state index in [1.807, 2.05) is 0 Å². The lowest BCUT2D eigenvalue weighted by molar-refractivity contribution is -0.126. The van der Waals surface area contributed by atoms with Gasteiger partial charge in [0.1, 0.15) is 0 Å². The third kappa shape index (κ3) is 6.58. The minimum Gasteiger partial charge on any atom is -0.356 e. The van der Waals surface area contributed by atoms with E-state index in [1.54, 1.807) is 36.1 Å². The van der Waals surface area contributed by atoms with Gasteiger partial charge in [-0.2, -0.15) is 0 Å². The number of carbonyl (C=O) groups excluding carboxylic acids is 3. The molecule has 3 N–H and O–H groups in total. The van der Waals surface area contributed by atoms with Crippen LogP contribution in [0.5, 0.6) is 0 Å². The number of nitrogens with zero attached hydrogens (tertiary/aromatic N) is 1. The number of hydrogen-bond acceptors (Lipinski definition) is 3. The summed E-state index contributed by atoms with van der Waals surface area (Å²) < 4.78 is 0. The second kappa shape index (κ2) is 9.94. The van der Waals surface area contributed by atoms with E-state index in [0.717, 1.165) is 12.8 Å². The van der Waals surface area contributed by atoms with Gasteiger partial charge in [-0.15, -0.1) is 0 Å². The van der Waals surface area contributed by atoms with E-state index in [1.165, 1.54) is 0 Å². The molecule has 27 heavy (non-hydrogen) atoms. The number of anilines is 2. The molecule has 1 unspecified atom stereocenters. The van der Waals surface area contributed by atoms with Crippen LogP contribution in [0, 0.1) is 11.8 Å². The fourth-order valence-electron chi connectivity index (χ4n) is 2.95. The van der Waals surface area contributed by atoms with Crippen LogP contribution in [0.1, 0.15) is 40.0 Å². The van der Waals surface area contributed by atoms with Crippen molar-refractivity contribution in [1.29, 1.82) is 0 Å². The predicted molar refractivity (Wildman–Crippen MR) is 107 cm³/mol. The van der Waals surface area contributed by atoms with Crippen molar-refractivity contribution < 1.29 is 14.4 Å². The van der Waals surface area contributed by atoms with Crippen LogP contribution in [0.3, 0.4) is 0 Å². The second-order valence-corrected chi connectivity index (χ2v) is 7.34. The third-order valence-electron chi connectivity index (χ3n) is 4.48. The van der Waals surface area contributed by atoms with Crippen LogP contribution in [-0.4, -0.2) is 42.4 Å². The van der Waals surface area contributed by atoms with Crippen molar-refractivity contribution in [3.8, 4) is 0 Å². The molecule has 4 amide bonds. The molecule has 1 fully saturated rings. The highest BCUT2D eigenvalue weighted by Gasteiger charge is 2.28. The summed E-state index contributed by atoms with van der Waals surface area (Å²) >= 11 is 0. The highest BCUT2D eigenvalue weighted by molar-refractivity contribution is 5.93. The van der Waals surface area contributed by atoms with Crippen LogP contribution in [0.25, 0.3) is 0 Å². The van der Waals surface area contributed by atoms with E-state index in [4.69, 9.17) is 0 Å². The zero-order valence-electron chi connectivity index (χ0n) is 16.4. The van der Waals surface area contributed by atoms with Gasteiger partial charge in [0.05, 0.1) is 5.92 Å². The molecule has 1 atom stereocenters. The van der Waals surface area contributed by atoms with E-state index in [0.29, 0.717) is 43.3 Å². The van der Waals surface area contributed by atoms with Crippen LogP contribution in [-0.2, 0) is 9.59 Å². The molecular formula is C20H30N4O3. The van der Waals surface area contributed by atoms with Gasteiger partial charge >= 0.3 is 6.03 Å². The number of benzene rings is 1. The largest absolute Gasteiger partial charge is 0.356 e. The van der Waals surface area contributed by atoms with Gasteiger partial charge in [0.25, 0.3) is 0 Å².